The van der Waals surface area contributed by atoms with Gasteiger partial charge in [-0.3, -0.25) is 9.79 Å². The molecule has 0 saturated heterocycles. The van der Waals surface area contributed by atoms with Crippen molar-refractivity contribution in [2.45, 2.75) is 52.4 Å². The number of carbonyl (C=O) groups is 1. The van der Waals surface area contributed by atoms with E-state index in [0.29, 0.717) is 5.56 Å². The van der Waals surface area contributed by atoms with E-state index in [9.17, 15) is 9.36 Å². The first kappa shape index (κ1) is 21.8. The molecule has 0 spiro atoms. The van der Waals surface area contributed by atoms with E-state index in [1.165, 1.54) is 0 Å². The van der Waals surface area contributed by atoms with Gasteiger partial charge < -0.3 is 5.95 Å². The molecule has 0 heterocycles. The molecule has 5 nitrogen and oxygen atoms in total. The van der Waals surface area contributed by atoms with E-state index in [0.717, 1.165) is 5.56 Å². The molecule has 1 aromatic carbocycles. The molecule has 0 aliphatic heterocycles. The average Bonchev–Trinajstić information content (AvgIpc) is 2.23. The van der Waals surface area contributed by atoms with Gasteiger partial charge in [-0.2, -0.15) is 0 Å². The Hall–Kier alpha value is -0.160. The van der Waals surface area contributed by atoms with Gasteiger partial charge in [0, 0.05) is 0 Å². The summed E-state index contributed by atoms with van der Waals surface area (Å²) in [5, 5.41) is 0. The minimum atomic E-state index is -4.85. The fraction of sp³-hybridized carbons (Fsp3) is 0.533. The van der Waals surface area contributed by atoms with Crippen LogP contribution >= 0.6 is 7.82 Å². The second-order valence-electron chi connectivity index (χ2n) is 7.13. The van der Waals surface area contributed by atoms with Crippen LogP contribution in [0.25, 0.3) is 0 Å². The molecular weight excluding hydrogens is 314 g/mol. The van der Waals surface area contributed by atoms with Gasteiger partial charge in [0.05, 0.1) is 5.56 Å². The number of phosphoric ester groups is 1. The van der Waals surface area contributed by atoms with Crippen LogP contribution in [0.2, 0.25) is 0 Å². The van der Waals surface area contributed by atoms with Crippen molar-refractivity contribution >= 4 is 13.8 Å². The molecule has 1 aromatic rings. The second kappa shape index (κ2) is 7.16. The first-order valence-electron chi connectivity index (χ1n) is 6.66. The Balaban J connectivity index is 0. The Morgan fingerprint density at radius 1 is 1.09 bits per heavy atom. The van der Waals surface area contributed by atoms with Gasteiger partial charge in [-0.05, 0) is 28.0 Å². The largest absolute Gasteiger partial charge is 1.00 e. The van der Waals surface area contributed by atoms with Crippen LogP contribution in [0.4, 0.5) is 0 Å². The molecule has 0 unspecified atom stereocenters. The molecule has 2 N–H and O–H groups in total. The van der Waals surface area contributed by atoms with Crippen LogP contribution in [0.1, 0.15) is 64.5 Å². The molecule has 22 heavy (non-hydrogen) atoms. The quantitative estimate of drug-likeness (QED) is 0.611. The predicted octanol–water partition coefficient (Wildman–Crippen LogP) is 0.648. The van der Waals surface area contributed by atoms with E-state index in [-0.39, 0.29) is 47.4 Å². The molecule has 0 amide bonds. The van der Waals surface area contributed by atoms with Crippen LogP contribution < -0.4 is 29.6 Å². The number of carbonyl (C=O) groups excluding carboxylic acids is 1. The topological polar surface area (TPSA) is 83.8 Å². The van der Waals surface area contributed by atoms with E-state index in [1.807, 2.05) is 26.8 Å². The maximum absolute atomic E-state index is 12.0. The number of phosphoric acid groups is 1. The minimum Gasteiger partial charge on any atom is -1.00 e. The average molecular weight is 338 g/mol. The Morgan fingerprint density at radius 2 is 1.59 bits per heavy atom. The van der Waals surface area contributed by atoms with Crippen molar-refractivity contribution in [3.05, 3.63) is 34.9 Å². The van der Waals surface area contributed by atoms with Crippen molar-refractivity contribution in [3.63, 3.8) is 0 Å². The maximum atomic E-state index is 12.0. The van der Waals surface area contributed by atoms with E-state index in [2.05, 4.69) is 25.3 Å². The first-order chi connectivity index (χ1) is 9.22. The van der Waals surface area contributed by atoms with Gasteiger partial charge in [-0.15, -0.1) is 0 Å². The summed E-state index contributed by atoms with van der Waals surface area (Å²) >= 11 is 0. The summed E-state index contributed by atoms with van der Waals surface area (Å²) in [5.41, 5.74) is 1.48. The van der Waals surface area contributed by atoms with Crippen molar-refractivity contribution in [2.75, 3.05) is 0 Å². The molecule has 120 valence electrons. The van der Waals surface area contributed by atoms with Gasteiger partial charge in [0.15, 0.2) is 0 Å². The molecule has 0 atom stereocenters. The van der Waals surface area contributed by atoms with Crippen LogP contribution in [0.3, 0.4) is 0 Å². The van der Waals surface area contributed by atoms with Gasteiger partial charge in [-0.25, -0.2) is 9.36 Å². The molecule has 7 heteroatoms. The van der Waals surface area contributed by atoms with Gasteiger partial charge in [0.2, 0.25) is 0 Å². The van der Waals surface area contributed by atoms with Gasteiger partial charge in [-0.1, -0.05) is 53.7 Å². The molecule has 1 rings (SSSR count). The summed E-state index contributed by atoms with van der Waals surface area (Å²) in [6, 6.07) is 5.25. The van der Waals surface area contributed by atoms with E-state index < -0.39 is 13.8 Å². The Kier molecular flexibility index (Phi) is 7.11. The maximum Gasteiger partial charge on any atom is 1.00 e. The van der Waals surface area contributed by atoms with E-state index in [4.69, 9.17) is 9.79 Å². The fourth-order valence-corrected chi connectivity index (χ4v) is 2.28. The normalized spacial score (nSPS) is 12.5. The summed E-state index contributed by atoms with van der Waals surface area (Å²) in [5.74, 6) is -1.01. The number of rotatable bonds is 2. The summed E-state index contributed by atoms with van der Waals surface area (Å²) in [6.45, 7) is 12.0. The molecular formula is C15H24NaO5P. The van der Waals surface area contributed by atoms with Gasteiger partial charge in [0.1, 0.15) is 0 Å². The van der Waals surface area contributed by atoms with Crippen LogP contribution in [0.5, 0.6) is 0 Å². The molecule has 0 fully saturated rings. The minimum absolute atomic E-state index is 0. The van der Waals surface area contributed by atoms with Crippen molar-refractivity contribution in [1.82, 2.24) is 0 Å². The number of benzene rings is 1. The molecule has 0 saturated carbocycles. The second-order valence-corrected chi connectivity index (χ2v) is 8.29. The molecule has 0 aliphatic carbocycles. The molecule has 0 bridgehead atoms. The van der Waals surface area contributed by atoms with Crippen LogP contribution in [-0.2, 0) is 19.9 Å². The van der Waals surface area contributed by atoms with E-state index in [1.54, 1.807) is 12.1 Å². The van der Waals surface area contributed by atoms with Crippen molar-refractivity contribution < 1.29 is 54.7 Å². The van der Waals surface area contributed by atoms with Crippen LogP contribution in [0, 0.1) is 0 Å². The first-order valence-corrected chi connectivity index (χ1v) is 8.19. The summed E-state index contributed by atoms with van der Waals surface area (Å²) in [6.07, 6.45) is 0. The smallest absolute Gasteiger partial charge is 1.00 e. The zero-order valence-corrected chi connectivity index (χ0v) is 17.2. The van der Waals surface area contributed by atoms with Crippen LogP contribution in [-0.4, -0.2) is 15.8 Å². The van der Waals surface area contributed by atoms with Gasteiger partial charge >= 0.3 is 43.3 Å². The van der Waals surface area contributed by atoms with Crippen molar-refractivity contribution in [2.24, 2.45) is 0 Å². The molecule has 0 radical (unpaired) electrons. The van der Waals surface area contributed by atoms with Gasteiger partial charge in [0.25, 0.3) is 0 Å². The van der Waals surface area contributed by atoms with Crippen molar-refractivity contribution in [1.29, 1.82) is 0 Å². The van der Waals surface area contributed by atoms with Crippen molar-refractivity contribution in [3.8, 4) is 0 Å². The number of hydrogen-bond acceptors (Lipinski definition) is 3. The Bertz CT molecular complexity index is 599. The summed E-state index contributed by atoms with van der Waals surface area (Å²) in [7, 11) is -4.85. The Morgan fingerprint density at radius 3 is 1.95 bits per heavy atom. The Labute approximate surface area is 155 Å². The predicted molar refractivity (Wildman–Crippen MR) is 82.4 cm³/mol. The van der Waals surface area contributed by atoms with E-state index >= 15 is 0 Å². The zero-order chi connectivity index (χ0) is 16.6. The third-order valence-electron chi connectivity index (χ3n) is 3.12. The molecule has 0 aromatic heterocycles. The van der Waals surface area contributed by atoms with Crippen LogP contribution in [0.15, 0.2) is 18.2 Å². The number of hydrogen-bond donors (Lipinski definition) is 2. The molecule has 0 aliphatic rings. The fourth-order valence-electron chi connectivity index (χ4n) is 1.97. The zero-order valence-electron chi connectivity index (χ0n) is 15.3. The SMILES string of the molecule is CC(C)(C)c1ccc(C(=O)OP(=O)(O)O)c(C(C)(C)C)c1.[H-].[Na+]. The third kappa shape index (κ3) is 6.15. The third-order valence-corrected chi connectivity index (χ3v) is 3.52. The summed E-state index contributed by atoms with van der Waals surface area (Å²) in [4.78, 5) is 29.6. The monoisotopic (exact) mass is 338 g/mol. The standard InChI is InChI=1S/C15H23O5P.Na.H/c1-14(2,3)10-7-8-11(12(9-10)15(4,5)6)13(16)20-21(17,18)19;;/h7-9H,1-6H3,(H2,17,18,19);;/q;+1;-1. The summed E-state index contributed by atoms with van der Waals surface area (Å²) < 4.78 is 15.1.